The molecule has 1 aliphatic rings. The summed E-state index contributed by atoms with van der Waals surface area (Å²) in [7, 11) is -3.80. The van der Waals surface area contributed by atoms with Gasteiger partial charge >= 0.3 is 0 Å². The highest BCUT2D eigenvalue weighted by Crippen LogP contribution is 2.27. The molecule has 0 amide bonds. The van der Waals surface area contributed by atoms with Crippen LogP contribution in [0, 0.1) is 13.8 Å². The Labute approximate surface area is 119 Å². The van der Waals surface area contributed by atoms with Gasteiger partial charge in [-0.05, 0) is 43.9 Å². The second-order valence-corrected chi connectivity index (χ2v) is 7.07. The Morgan fingerprint density at radius 2 is 2.00 bits per heavy atom. The molecule has 0 spiro atoms. The Balaban J connectivity index is 2.47. The largest absolute Gasteiger partial charge is 0.548 e. The molecule has 0 aromatic heterocycles. The molecule has 1 unspecified atom stereocenters. The van der Waals surface area contributed by atoms with Crippen molar-refractivity contribution < 1.29 is 18.3 Å². The van der Waals surface area contributed by atoms with Gasteiger partial charge < -0.3 is 9.90 Å². The summed E-state index contributed by atoms with van der Waals surface area (Å²) in [5.41, 5.74) is 1.45. The molecule has 1 aromatic carbocycles. The van der Waals surface area contributed by atoms with E-state index in [1.165, 1.54) is 0 Å². The van der Waals surface area contributed by atoms with Crippen molar-refractivity contribution in [3.63, 3.8) is 0 Å². The average molecular weight is 296 g/mol. The third kappa shape index (κ3) is 2.71. The van der Waals surface area contributed by atoms with Crippen LogP contribution in [0.5, 0.6) is 0 Å². The van der Waals surface area contributed by atoms with Crippen LogP contribution in [0.3, 0.4) is 0 Å². The molecule has 2 rings (SSSR count). The number of nitrogens with zero attached hydrogens (tertiary/aromatic N) is 1. The Kier molecular flexibility index (Phi) is 4.15. The Morgan fingerprint density at radius 1 is 1.30 bits per heavy atom. The van der Waals surface area contributed by atoms with Crippen molar-refractivity contribution in [3.05, 3.63) is 29.3 Å². The van der Waals surface area contributed by atoms with Crippen LogP contribution in [-0.2, 0) is 14.8 Å². The van der Waals surface area contributed by atoms with Gasteiger partial charge in [0, 0.05) is 6.54 Å². The minimum atomic E-state index is -3.80. The van der Waals surface area contributed by atoms with Crippen LogP contribution in [0.2, 0.25) is 0 Å². The summed E-state index contributed by atoms with van der Waals surface area (Å²) in [6, 6.07) is 4.10. The zero-order valence-corrected chi connectivity index (χ0v) is 12.4. The molecule has 0 N–H and O–H groups in total. The topological polar surface area (TPSA) is 77.5 Å². The highest BCUT2D eigenvalue weighted by Gasteiger charge is 2.34. The third-order valence-electron chi connectivity index (χ3n) is 3.66. The molecule has 1 atom stereocenters. The molecule has 0 saturated carbocycles. The van der Waals surface area contributed by atoms with Crippen molar-refractivity contribution in [3.8, 4) is 0 Å². The number of rotatable bonds is 3. The summed E-state index contributed by atoms with van der Waals surface area (Å²) in [6.07, 6.45) is 1.69. The van der Waals surface area contributed by atoms with Crippen molar-refractivity contribution >= 4 is 16.0 Å². The monoisotopic (exact) mass is 296 g/mol. The van der Waals surface area contributed by atoms with E-state index in [-0.39, 0.29) is 11.4 Å². The molecule has 0 bridgehead atoms. The Hall–Kier alpha value is -1.40. The number of aliphatic carboxylic acids is 1. The molecule has 1 aliphatic heterocycles. The number of carboxylic acids is 1. The van der Waals surface area contributed by atoms with Gasteiger partial charge in [0.25, 0.3) is 0 Å². The first-order valence-corrected chi connectivity index (χ1v) is 8.08. The van der Waals surface area contributed by atoms with E-state index in [4.69, 9.17) is 0 Å². The SMILES string of the molecule is Cc1ccc(C)c(S(=O)(=O)N2CCCCC2C(=O)[O-])c1. The van der Waals surface area contributed by atoms with Crippen molar-refractivity contribution in [2.24, 2.45) is 0 Å². The minimum absolute atomic E-state index is 0.186. The van der Waals surface area contributed by atoms with Crippen LogP contribution < -0.4 is 5.11 Å². The summed E-state index contributed by atoms with van der Waals surface area (Å²) in [5, 5.41) is 11.2. The molecular weight excluding hydrogens is 278 g/mol. The lowest BCUT2D eigenvalue weighted by Crippen LogP contribution is -2.52. The van der Waals surface area contributed by atoms with E-state index in [0.717, 1.165) is 9.87 Å². The molecule has 1 fully saturated rings. The van der Waals surface area contributed by atoms with E-state index >= 15 is 0 Å². The number of benzene rings is 1. The van der Waals surface area contributed by atoms with E-state index in [1.807, 2.05) is 13.0 Å². The molecule has 0 radical (unpaired) electrons. The molecule has 110 valence electrons. The summed E-state index contributed by atoms with van der Waals surface area (Å²) in [4.78, 5) is 11.4. The highest BCUT2D eigenvalue weighted by atomic mass is 32.2. The number of piperidine rings is 1. The van der Waals surface area contributed by atoms with Crippen molar-refractivity contribution in [2.45, 2.75) is 44.0 Å². The van der Waals surface area contributed by atoms with E-state index in [1.54, 1.807) is 19.1 Å². The van der Waals surface area contributed by atoms with E-state index < -0.39 is 22.0 Å². The van der Waals surface area contributed by atoms with Crippen LogP contribution in [0.4, 0.5) is 0 Å². The van der Waals surface area contributed by atoms with Gasteiger partial charge in [0.15, 0.2) is 0 Å². The summed E-state index contributed by atoms with van der Waals surface area (Å²) >= 11 is 0. The number of hydrogen-bond acceptors (Lipinski definition) is 4. The number of sulfonamides is 1. The van der Waals surface area contributed by atoms with E-state index in [0.29, 0.717) is 24.8 Å². The second-order valence-electron chi connectivity index (χ2n) is 5.22. The van der Waals surface area contributed by atoms with Crippen LogP contribution >= 0.6 is 0 Å². The zero-order chi connectivity index (χ0) is 14.9. The first-order chi connectivity index (χ1) is 9.34. The van der Waals surface area contributed by atoms with Crippen LogP contribution in [0.15, 0.2) is 23.1 Å². The van der Waals surface area contributed by atoms with Gasteiger partial charge in [-0.2, -0.15) is 4.31 Å². The smallest absolute Gasteiger partial charge is 0.243 e. The standard InChI is InChI=1S/C14H19NO4S/c1-10-6-7-11(2)13(9-10)20(18,19)15-8-4-3-5-12(15)14(16)17/h6-7,9,12H,3-5,8H2,1-2H3,(H,16,17)/p-1. The van der Waals surface area contributed by atoms with Gasteiger partial charge in [0.2, 0.25) is 10.0 Å². The van der Waals surface area contributed by atoms with Crippen LogP contribution in [-0.4, -0.2) is 31.3 Å². The summed E-state index contributed by atoms with van der Waals surface area (Å²) < 4.78 is 26.5. The van der Waals surface area contributed by atoms with Gasteiger partial charge in [-0.15, -0.1) is 0 Å². The number of carboxylic acid groups (broad SMARTS) is 1. The zero-order valence-electron chi connectivity index (χ0n) is 11.6. The molecule has 6 heteroatoms. The number of aryl methyl sites for hydroxylation is 2. The van der Waals surface area contributed by atoms with E-state index in [2.05, 4.69) is 0 Å². The maximum Gasteiger partial charge on any atom is 0.243 e. The fourth-order valence-electron chi connectivity index (χ4n) is 2.54. The molecular formula is C14H18NO4S-. The van der Waals surface area contributed by atoms with Gasteiger partial charge in [-0.25, -0.2) is 8.42 Å². The van der Waals surface area contributed by atoms with Crippen molar-refractivity contribution in [1.29, 1.82) is 0 Å². The van der Waals surface area contributed by atoms with Crippen molar-refractivity contribution in [1.82, 2.24) is 4.31 Å². The fourth-order valence-corrected chi connectivity index (χ4v) is 4.50. The Bertz CT molecular complexity index is 624. The second kappa shape index (κ2) is 5.54. The lowest BCUT2D eigenvalue weighted by molar-refractivity contribution is -0.311. The molecule has 20 heavy (non-hydrogen) atoms. The normalized spacial score (nSPS) is 20.8. The molecule has 1 saturated heterocycles. The van der Waals surface area contributed by atoms with Crippen LogP contribution in [0.25, 0.3) is 0 Å². The number of carbonyl (C=O) groups excluding carboxylic acids is 1. The molecule has 1 aromatic rings. The first kappa shape index (κ1) is 15.0. The van der Waals surface area contributed by atoms with Crippen molar-refractivity contribution in [2.75, 3.05) is 6.54 Å². The third-order valence-corrected chi connectivity index (χ3v) is 5.71. The molecule has 1 heterocycles. The summed E-state index contributed by atoms with van der Waals surface area (Å²) in [6.45, 7) is 3.75. The van der Waals surface area contributed by atoms with E-state index in [9.17, 15) is 18.3 Å². The van der Waals surface area contributed by atoms with Gasteiger partial charge in [0.05, 0.1) is 16.9 Å². The summed E-state index contributed by atoms with van der Waals surface area (Å²) in [5.74, 6) is -1.32. The predicted molar refractivity (Wildman–Crippen MR) is 72.5 cm³/mol. The number of hydrogen-bond donors (Lipinski definition) is 0. The number of carbonyl (C=O) groups is 1. The predicted octanol–water partition coefficient (Wildman–Crippen LogP) is 0.597. The van der Waals surface area contributed by atoms with Gasteiger partial charge in [-0.3, -0.25) is 0 Å². The minimum Gasteiger partial charge on any atom is -0.548 e. The maximum absolute atomic E-state index is 12.7. The lowest BCUT2D eigenvalue weighted by Gasteiger charge is -2.35. The Morgan fingerprint density at radius 3 is 2.65 bits per heavy atom. The maximum atomic E-state index is 12.7. The first-order valence-electron chi connectivity index (χ1n) is 6.64. The fraction of sp³-hybridized carbons (Fsp3) is 0.500. The highest BCUT2D eigenvalue weighted by molar-refractivity contribution is 7.89. The van der Waals surface area contributed by atoms with Gasteiger partial charge in [0.1, 0.15) is 0 Å². The lowest BCUT2D eigenvalue weighted by atomic mass is 10.1. The quantitative estimate of drug-likeness (QED) is 0.818. The average Bonchev–Trinajstić information content (AvgIpc) is 2.41. The van der Waals surface area contributed by atoms with Gasteiger partial charge in [-0.1, -0.05) is 18.6 Å². The molecule has 0 aliphatic carbocycles. The van der Waals surface area contributed by atoms with Crippen LogP contribution in [0.1, 0.15) is 30.4 Å². The molecule has 5 nitrogen and oxygen atoms in total.